The second-order valence-electron chi connectivity index (χ2n) is 9.34. The van der Waals surface area contributed by atoms with Gasteiger partial charge in [0, 0.05) is 36.5 Å². The highest BCUT2D eigenvalue weighted by Gasteiger charge is 2.29. The minimum Gasteiger partial charge on any atom is -0.465 e. The Bertz CT molecular complexity index is 999. The molecule has 33 heavy (non-hydrogen) atoms. The normalized spacial score (nSPS) is 15.5. The van der Waals surface area contributed by atoms with E-state index in [2.05, 4.69) is 20.6 Å². The summed E-state index contributed by atoms with van der Waals surface area (Å²) in [4.78, 5) is 32.4. The molecule has 2 heterocycles. The number of nitrogens with one attached hydrogen (secondary N) is 2. The number of nitro groups is 1. The van der Waals surface area contributed by atoms with Crippen LogP contribution in [-0.2, 0) is 11.3 Å². The fourth-order valence-corrected chi connectivity index (χ4v) is 3.48. The molecule has 0 aliphatic carbocycles. The summed E-state index contributed by atoms with van der Waals surface area (Å²) in [5.74, 6) is 0.370. The van der Waals surface area contributed by atoms with Crippen molar-refractivity contribution in [3.8, 4) is 0 Å². The number of benzene rings is 1. The van der Waals surface area contributed by atoms with E-state index in [1.165, 1.54) is 11.1 Å². The molecular formula is C22H30N6O5. The van der Waals surface area contributed by atoms with E-state index in [4.69, 9.17) is 4.74 Å². The summed E-state index contributed by atoms with van der Waals surface area (Å²) in [6, 6.07) is 7.02. The Hall–Kier alpha value is -3.47. The van der Waals surface area contributed by atoms with Gasteiger partial charge in [-0.2, -0.15) is 4.98 Å². The summed E-state index contributed by atoms with van der Waals surface area (Å²) >= 11 is 0. The second-order valence-corrected chi connectivity index (χ2v) is 9.34. The Morgan fingerprint density at radius 2 is 1.91 bits per heavy atom. The smallest absolute Gasteiger partial charge is 0.408 e. The quantitative estimate of drug-likeness (QED) is 0.406. The highest BCUT2D eigenvalue weighted by molar-refractivity contribution is 5.67. The van der Waals surface area contributed by atoms with E-state index in [0.717, 1.165) is 18.4 Å². The van der Waals surface area contributed by atoms with Crippen molar-refractivity contribution in [2.75, 3.05) is 23.8 Å². The SMILES string of the molecule is CC1(Nc2ncc([N+](=O)[O-])c(Nc3ccc(CN(C(=O)O)C(C)(C)C)cc3)n2)CCOCC1. The van der Waals surface area contributed by atoms with Gasteiger partial charge in [-0.3, -0.25) is 15.0 Å². The lowest BCUT2D eigenvalue weighted by Crippen LogP contribution is -2.44. The third-order valence-electron chi connectivity index (χ3n) is 5.57. The fourth-order valence-electron chi connectivity index (χ4n) is 3.48. The predicted molar refractivity (Wildman–Crippen MR) is 124 cm³/mol. The van der Waals surface area contributed by atoms with Crippen molar-refractivity contribution in [2.45, 2.75) is 58.2 Å². The van der Waals surface area contributed by atoms with Crippen molar-refractivity contribution in [1.82, 2.24) is 14.9 Å². The molecule has 0 atom stereocenters. The molecule has 0 saturated carbocycles. The van der Waals surface area contributed by atoms with Crippen LogP contribution in [0.1, 0.15) is 46.1 Å². The van der Waals surface area contributed by atoms with Crippen LogP contribution < -0.4 is 10.6 Å². The number of hydrogen-bond acceptors (Lipinski definition) is 8. The van der Waals surface area contributed by atoms with Crippen molar-refractivity contribution in [3.05, 3.63) is 46.1 Å². The maximum absolute atomic E-state index is 11.6. The summed E-state index contributed by atoms with van der Waals surface area (Å²) in [7, 11) is 0. The number of carboxylic acid groups (broad SMARTS) is 1. The molecule has 0 unspecified atom stereocenters. The molecule has 1 saturated heterocycles. The number of rotatable bonds is 7. The molecule has 0 bridgehead atoms. The first-order valence-corrected chi connectivity index (χ1v) is 10.7. The lowest BCUT2D eigenvalue weighted by atomic mass is 9.93. The van der Waals surface area contributed by atoms with E-state index in [1.54, 1.807) is 24.3 Å². The van der Waals surface area contributed by atoms with Gasteiger partial charge in [-0.05, 0) is 58.2 Å². The number of anilines is 3. The first kappa shape index (κ1) is 24.2. The summed E-state index contributed by atoms with van der Waals surface area (Å²) in [5.41, 5.74) is 0.336. The molecule has 1 aliphatic heterocycles. The van der Waals surface area contributed by atoms with Gasteiger partial charge in [-0.1, -0.05) is 12.1 Å². The third-order valence-corrected chi connectivity index (χ3v) is 5.57. The Morgan fingerprint density at radius 3 is 2.45 bits per heavy atom. The molecule has 2 aromatic rings. The van der Waals surface area contributed by atoms with Crippen LogP contribution >= 0.6 is 0 Å². The van der Waals surface area contributed by atoms with Gasteiger partial charge in [0.05, 0.1) is 4.92 Å². The number of aromatic nitrogens is 2. The van der Waals surface area contributed by atoms with Crippen molar-refractivity contribution in [2.24, 2.45) is 0 Å². The second kappa shape index (κ2) is 9.57. The zero-order valence-corrected chi connectivity index (χ0v) is 19.3. The maximum atomic E-state index is 11.6. The van der Waals surface area contributed by atoms with Gasteiger partial charge < -0.3 is 20.5 Å². The van der Waals surface area contributed by atoms with Gasteiger partial charge in [0.1, 0.15) is 6.20 Å². The molecule has 1 aliphatic rings. The molecule has 1 aromatic heterocycles. The van der Waals surface area contributed by atoms with Crippen molar-refractivity contribution in [3.63, 3.8) is 0 Å². The summed E-state index contributed by atoms with van der Waals surface area (Å²) in [5, 5.41) is 27.3. The number of carbonyl (C=O) groups is 1. The number of hydrogen-bond donors (Lipinski definition) is 3. The summed E-state index contributed by atoms with van der Waals surface area (Å²) in [6.07, 6.45) is 1.74. The van der Waals surface area contributed by atoms with Gasteiger partial charge in [-0.25, -0.2) is 9.78 Å². The minimum atomic E-state index is -1.00. The lowest BCUT2D eigenvalue weighted by molar-refractivity contribution is -0.384. The zero-order valence-electron chi connectivity index (χ0n) is 19.3. The molecular weight excluding hydrogens is 428 g/mol. The van der Waals surface area contributed by atoms with E-state index in [-0.39, 0.29) is 23.6 Å². The molecule has 0 spiro atoms. The van der Waals surface area contributed by atoms with Crippen LogP contribution in [0.2, 0.25) is 0 Å². The Morgan fingerprint density at radius 1 is 1.27 bits per heavy atom. The average Bonchev–Trinajstić information content (AvgIpc) is 2.72. The van der Waals surface area contributed by atoms with Gasteiger partial charge in [0.2, 0.25) is 11.8 Å². The Kier molecular flexibility index (Phi) is 7.01. The van der Waals surface area contributed by atoms with Gasteiger partial charge in [0.25, 0.3) is 0 Å². The largest absolute Gasteiger partial charge is 0.465 e. The van der Waals surface area contributed by atoms with Crippen LogP contribution in [0.5, 0.6) is 0 Å². The Labute approximate surface area is 192 Å². The van der Waals surface area contributed by atoms with E-state index >= 15 is 0 Å². The topological polar surface area (TPSA) is 143 Å². The number of amides is 1. The van der Waals surface area contributed by atoms with Crippen molar-refractivity contribution < 1.29 is 19.6 Å². The minimum absolute atomic E-state index is 0.0720. The van der Waals surface area contributed by atoms with E-state index in [9.17, 15) is 20.0 Å². The fraction of sp³-hybridized carbons (Fsp3) is 0.500. The summed E-state index contributed by atoms with van der Waals surface area (Å²) in [6.45, 7) is 9.02. The van der Waals surface area contributed by atoms with Gasteiger partial charge >= 0.3 is 11.8 Å². The Balaban J connectivity index is 1.78. The van der Waals surface area contributed by atoms with Gasteiger partial charge in [0.15, 0.2) is 0 Å². The first-order chi connectivity index (χ1) is 15.5. The number of ether oxygens (including phenoxy) is 1. The van der Waals surface area contributed by atoms with Crippen LogP contribution in [0.4, 0.5) is 27.9 Å². The molecule has 1 fully saturated rings. The molecule has 0 radical (unpaired) electrons. The molecule has 178 valence electrons. The predicted octanol–water partition coefficient (Wildman–Crippen LogP) is 4.39. The monoisotopic (exact) mass is 458 g/mol. The van der Waals surface area contributed by atoms with E-state index in [1.807, 2.05) is 27.7 Å². The van der Waals surface area contributed by atoms with Crippen molar-refractivity contribution in [1.29, 1.82) is 0 Å². The highest BCUT2D eigenvalue weighted by atomic mass is 16.6. The van der Waals surface area contributed by atoms with Crippen LogP contribution in [0.25, 0.3) is 0 Å². The third kappa shape index (κ3) is 6.28. The molecule has 1 amide bonds. The van der Waals surface area contributed by atoms with Crippen LogP contribution in [-0.4, -0.2) is 55.3 Å². The molecule has 3 N–H and O–H groups in total. The number of nitrogens with zero attached hydrogens (tertiary/aromatic N) is 4. The molecule has 11 nitrogen and oxygen atoms in total. The standard InChI is InChI=1S/C22H30N6O5/c1-21(2,3)27(20(29)30)14-15-5-7-16(8-6-15)24-18-17(28(31)32)13-23-19(25-18)26-22(4)9-11-33-12-10-22/h5-8,13H,9-12,14H2,1-4H3,(H,29,30)(H2,23,24,25,26). The van der Waals surface area contributed by atoms with E-state index < -0.39 is 16.6 Å². The molecule has 3 rings (SSSR count). The molecule has 11 heteroatoms. The lowest BCUT2D eigenvalue weighted by Gasteiger charge is -2.34. The first-order valence-electron chi connectivity index (χ1n) is 10.7. The van der Waals surface area contributed by atoms with Crippen molar-refractivity contribution >= 4 is 29.2 Å². The van der Waals surface area contributed by atoms with Gasteiger partial charge in [-0.15, -0.1) is 0 Å². The molecule has 1 aromatic carbocycles. The zero-order chi connectivity index (χ0) is 24.2. The highest BCUT2D eigenvalue weighted by Crippen LogP contribution is 2.29. The van der Waals surface area contributed by atoms with E-state index in [0.29, 0.717) is 24.8 Å². The van der Waals surface area contributed by atoms with Crippen LogP contribution in [0.3, 0.4) is 0 Å². The average molecular weight is 459 g/mol. The maximum Gasteiger partial charge on any atom is 0.408 e. The summed E-state index contributed by atoms with van der Waals surface area (Å²) < 4.78 is 5.40. The van der Waals surface area contributed by atoms with Crippen LogP contribution in [0, 0.1) is 10.1 Å². The van der Waals surface area contributed by atoms with Crippen LogP contribution in [0.15, 0.2) is 30.5 Å².